The predicted octanol–water partition coefficient (Wildman–Crippen LogP) is 2.51. The number of benzene rings is 1. The lowest BCUT2D eigenvalue weighted by Gasteiger charge is -2.35. The van der Waals surface area contributed by atoms with Crippen molar-refractivity contribution in [2.24, 2.45) is 0 Å². The van der Waals surface area contributed by atoms with Gasteiger partial charge in [-0.2, -0.15) is 0 Å². The molecule has 1 aromatic carbocycles. The maximum Gasteiger partial charge on any atom is 0.323 e. The van der Waals surface area contributed by atoms with Crippen LogP contribution in [0.3, 0.4) is 0 Å². The van der Waals surface area contributed by atoms with Crippen LogP contribution in [-0.4, -0.2) is 40.1 Å². The summed E-state index contributed by atoms with van der Waals surface area (Å²) in [7, 11) is 0. The Bertz CT molecular complexity index is 480. The molecule has 0 bridgehead atoms. The molecular formula is C16H24N2O3. The summed E-state index contributed by atoms with van der Waals surface area (Å²) in [6, 6.07) is 9.43. The Hall–Kier alpha value is -2.04. The van der Waals surface area contributed by atoms with E-state index in [1.165, 1.54) is 4.90 Å². The Labute approximate surface area is 126 Å². The Morgan fingerprint density at radius 3 is 2.29 bits per heavy atom. The number of urea groups is 1. The number of amides is 2. The van der Waals surface area contributed by atoms with Gasteiger partial charge < -0.3 is 15.3 Å². The molecule has 5 heteroatoms. The second-order valence-electron chi connectivity index (χ2n) is 6.19. The van der Waals surface area contributed by atoms with Crippen LogP contribution in [0, 0.1) is 0 Å². The second-order valence-corrected chi connectivity index (χ2v) is 6.19. The zero-order valence-electron chi connectivity index (χ0n) is 13.1. The van der Waals surface area contributed by atoms with Crippen LogP contribution in [0.1, 0.15) is 33.3 Å². The Morgan fingerprint density at radius 2 is 1.81 bits per heavy atom. The van der Waals surface area contributed by atoms with Gasteiger partial charge in [0.2, 0.25) is 0 Å². The maximum atomic E-state index is 12.3. The van der Waals surface area contributed by atoms with E-state index in [9.17, 15) is 9.59 Å². The van der Waals surface area contributed by atoms with Crippen molar-refractivity contribution in [3.05, 3.63) is 35.9 Å². The van der Waals surface area contributed by atoms with E-state index in [-0.39, 0.29) is 18.6 Å². The van der Waals surface area contributed by atoms with E-state index in [1.54, 1.807) is 0 Å². The molecule has 0 aromatic heterocycles. The summed E-state index contributed by atoms with van der Waals surface area (Å²) in [6.45, 7) is 7.05. The second kappa shape index (κ2) is 7.11. The summed E-state index contributed by atoms with van der Waals surface area (Å²) in [4.78, 5) is 24.5. The molecule has 0 heterocycles. The largest absolute Gasteiger partial charge is 0.480 e. The number of hydrogen-bond donors (Lipinski definition) is 2. The quantitative estimate of drug-likeness (QED) is 0.876. The Morgan fingerprint density at radius 1 is 1.24 bits per heavy atom. The number of nitrogens with one attached hydrogen (secondary N) is 1. The fraction of sp³-hybridized carbons (Fsp3) is 0.500. The molecule has 1 unspecified atom stereocenters. The molecule has 2 amide bonds. The van der Waals surface area contributed by atoms with Gasteiger partial charge in [0.25, 0.3) is 0 Å². The summed E-state index contributed by atoms with van der Waals surface area (Å²) >= 11 is 0. The molecule has 21 heavy (non-hydrogen) atoms. The van der Waals surface area contributed by atoms with Gasteiger partial charge in [-0.05, 0) is 39.7 Å². The molecular weight excluding hydrogens is 268 g/mol. The van der Waals surface area contributed by atoms with Crippen LogP contribution in [0.2, 0.25) is 0 Å². The van der Waals surface area contributed by atoms with Gasteiger partial charge in [0.05, 0.1) is 0 Å². The monoisotopic (exact) mass is 292 g/mol. The molecule has 1 aromatic rings. The van der Waals surface area contributed by atoms with Gasteiger partial charge in [-0.3, -0.25) is 4.79 Å². The lowest BCUT2D eigenvalue weighted by Crippen LogP contribution is -2.54. The van der Waals surface area contributed by atoms with Crippen LogP contribution in [0.25, 0.3) is 0 Å². The summed E-state index contributed by atoms with van der Waals surface area (Å²) in [5.74, 6) is -1.02. The number of carbonyl (C=O) groups is 2. The third-order valence-electron chi connectivity index (χ3n) is 3.10. The highest BCUT2D eigenvalue weighted by Crippen LogP contribution is 2.13. The van der Waals surface area contributed by atoms with E-state index in [0.717, 1.165) is 5.56 Å². The van der Waals surface area contributed by atoms with Crippen molar-refractivity contribution in [3.63, 3.8) is 0 Å². The zero-order chi connectivity index (χ0) is 16.0. The number of carboxylic acids is 1. The molecule has 0 aliphatic rings. The first-order valence-electron chi connectivity index (χ1n) is 7.04. The van der Waals surface area contributed by atoms with Crippen LogP contribution in [-0.2, 0) is 11.2 Å². The highest BCUT2D eigenvalue weighted by atomic mass is 16.4. The first-order valence-corrected chi connectivity index (χ1v) is 7.04. The topological polar surface area (TPSA) is 69.6 Å². The molecule has 1 atom stereocenters. The highest BCUT2D eigenvalue weighted by molar-refractivity contribution is 5.81. The van der Waals surface area contributed by atoms with Gasteiger partial charge in [0, 0.05) is 11.6 Å². The lowest BCUT2D eigenvalue weighted by molar-refractivity contribution is -0.138. The molecule has 0 saturated heterocycles. The third kappa shape index (κ3) is 5.85. The number of hydrogen-bond acceptors (Lipinski definition) is 2. The Kier molecular flexibility index (Phi) is 5.76. The van der Waals surface area contributed by atoms with Crippen LogP contribution in [0.4, 0.5) is 4.79 Å². The number of aliphatic carboxylic acids is 1. The van der Waals surface area contributed by atoms with E-state index in [2.05, 4.69) is 5.32 Å². The molecule has 0 aliphatic carbocycles. The molecule has 5 nitrogen and oxygen atoms in total. The highest BCUT2D eigenvalue weighted by Gasteiger charge is 2.29. The van der Waals surface area contributed by atoms with Gasteiger partial charge >= 0.3 is 12.0 Å². The lowest BCUT2D eigenvalue weighted by atomic mass is 10.1. The van der Waals surface area contributed by atoms with Gasteiger partial charge in [-0.25, -0.2) is 4.79 Å². The molecule has 0 radical (unpaired) electrons. The number of nitrogens with zero attached hydrogens (tertiary/aromatic N) is 1. The van der Waals surface area contributed by atoms with Gasteiger partial charge in [0.1, 0.15) is 6.54 Å². The van der Waals surface area contributed by atoms with Crippen LogP contribution >= 0.6 is 0 Å². The van der Waals surface area contributed by atoms with Crippen molar-refractivity contribution in [2.75, 3.05) is 6.54 Å². The van der Waals surface area contributed by atoms with Crippen molar-refractivity contribution in [1.82, 2.24) is 10.2 Å². The predicted molar refractivity (Wildman–Crippen MR) is 82.2 cm³/mol. The fourth-order valence-electron chi connectivity index (χ4n) is 2.06. The van der Waals surface area contributed by atoms with Crippen LogP contribution in [0.15, 0.2) is 30.3 Å². The Balaban J connectivity index is 2.66. The minimum atomic E-state index is -1.02. The van der Waals surface area contributed by atoms with E-state index < -0.39 is 11.5 Å². The molecule has 0 aliphatic heterocycles. The molecule has 116 valence electrons. The van der Waals surface area contributed by atoms with Gasteiger partial charge in [0.15, 0.2) is 0 Å². The van der Waals surface area contributed by atoms with E-state index >= 15 is 0 Å². The SMILES string of the molecule is CC(Cc1ccccc1)NC(=O)N(CC(=O)O)C(C)(C)C. The molecule has 0 saturated carbocycles. The fourth-order valence-corrected chi connectivity index (χ4v) is 2.06. The smallest absolute Gasteiger partial charge is 0.323 e. The van der Waals surface area contributed by atoms with E-state index in [0.29, 0.717) is 6.42 Å². The average Bonchev–Trinajstić information content (AvgIpc) is 2.35. The van der Waals surface area contributed by atoms with Gasteiger partial charge in [-0.1, -0.05) is 30.3 Å². The summed E-state index contributed by atoms with van der Waals surface area (Å²) in [6.07, 6.45) is 0.706. The summed E-state index contributed by atoms with van der Waals surface area (Å²) in [5.41, 5.74) is 0.584. The minimum absolute atomic E-state index is 0.0708. The average molecular weight is 292 g/mol. The maximum absolute atomic E-state index is 12.3. The number of carbonyl (C=O) groups excluding carboxylic acids is 1. The standard InChI is InChI=1S/C16H24N2O3/c1-12(10-13-8-6-5-7-9-13)17-15(21)18(11-14(19)20)16(2,3)4/h5-9,12H,10-11H2,1-4H3,(H,17,21)(H,19,20). The van der Waals surface area contributed by atoms with Crippen molar-refractivity contribution in [1.29, 1.82) is 0 Å². The molecule has 0 spiro atoms. The molecule has 0 fully saturated rings. The third-order valence-corrected chi connectivity index (χ3v) is 3.10. The summed E-state index contributed by atoms with van der Waals surface area (Å²) < 4.78 is 0. The van der Waals surface area contributed by atoms with Crippen LogP contribution in [0.5, 0.6) is 0 Å². The van der Waals surface area contributed by atoms with E-state index in [4.69, 9.17) is 5.11 Å². The first kappa shape index (κ1) is 17.0. The first-order chi connectivity index (χ1) is 9.70. The summed E-state index contributed by atoms with van der Waals surface area (Å²) in [5, 5.41) is 11.8. The van der Waals surface area contributed by atoms with Crippen molar-refractivity contribution in [2.45, 2.75) is 45.7 Å². The molecule has 1 rings (SSSR count). The number of carboxylic acid groups (broad SMARTS) is 1. The molecule has 2 N–H and O–H groups in total. The van der Waals surface area contributed by atoms with Gasteiger partial charge in [-0.15, -0.1) is 0 Å². The van der Waals surface area contributed by atoms with Crippen molar-refractivity contribution < 1.29 is 14.7 Å². The zero-order valence-corrected chi connectivity index (χ0v) is 13.1. The van der Waals surface area contributed by atoms with E-state index in [1.807, 2.05) is 58.0 Å². The van der Waals surface area contributed by atoms with Crippen LogP contribution < -0.4 is 5.32 Å². The van der Waals surface area contributed by atoms with Crippen molar-refractivity contribution >= 4 is 12.0 Å². The number of rotatable bonds is 5. The minimum Gasteiger partial charge on any atom is -0.480 e. The normalized spacial score (nSPS) is 12.6. The van der Waals surface area contributed by atoms with Crippen molar-refractivity contribution in [3.8, 4) is 0 Å².